The highest BCUT2D eigenvalue weighted by atomic mass is 19.4. The van der Waals surface area contributed by atoms with Gasteiger partial charge in [0.15, 0.2) is 5.78 Å². The second kappa shape index (κ2) is 9.69. The number of para-hydroxylation sites is 1. The summed E-state index contributed by atoms with van der Waals surface area (Å²) in [5, 5.41) is 9.72. The molecule has 34 heavy (non-hydrogen) atoms. The molecule has 0 spiro atoms. The van der Waals surface area contributed by atoms with Crippen LogP contribution in [0.1, 0.15) is 32.7 Å². The number of benzene rings is 2. The van der Waals surface area contributed by atoms with Gasteiger partial charge in [0.05, 0.1) is 30.2 Å². The second-order valence-electron chi connectivity index (χ2n) is 8.20. The highest BCUT2D eigenvalue weighted by Crippen LogP contribution is 2.32. The fourth-order valence-corrected chi connectivity index (χ4v) is 4.31. The maximum absolute atomic E-state index is 13.3. The molecule has 1 aromatic heterocycles. The monoisotopic (exact) mass is 468 g/mol. The number of halogens is 3. The van der Waals surface area contributed by atoms with Crippen LogP contribution in [0, 0.1) is 11.3 Å². The van der Waals surface area contributed by atoms with Crippen LogP contribution in [0.25, 0.3) is 10.9 Å². The quantitative estimate of drug-likeness (QED) is 0.508. The number of hydrogen-bond donors (Lipinski definition) is 0. The summed E-state index contributed by atoms with van der Waals surface area (Å²) < 4.78 is 41.8. The number of carbonyl (C=O) groups is 2. The molecule has 0 N–H and O–H groups in total. The van der Waals surface area contributed by atoms with Crippen LogP contribution in [-0.2, 0) is 12.7 Å². The van der Waals surface area contributed by atoms with Gasteiger partial charge in [0.25, 0.3) is 5.91 Å². The van der Waals surface area contributed by atoms with Crippen molar-refractivity contribution in [3.8, 4) is 6.07 Å². The number of aromatic nitrogens is 1. The summed E-state index contributed by atoms with van der Waals surface area (Å²) in [5.41, 5.74) is 0.168. The number of piperazine rings is 1. The molecule has 1 aliphatic rings. The highest BCUT2D eigenvalue weighted by Gasteiger charge is 2.36. The van der Waals surface area contributed by atoms with Gasteiger partial charge in [0.2, 0.25) is 0 Å². The predicted octanol–water partition coefficient (Wildman–Crippen LogP) is 4.21. The molecule has 2 aromatic carbocycles. The Morgan fingerprint density at radius 3 is 2.32 bits per heavy atom. The zero-order chi connectivity index (χ0) is 24.3. The first kappa shape index (κ1) is 23.5. The number of nitrogens with zero attached hydrogens (tertiary/aromatic N) is 4. The van der Waals surface area contributed by atoms with Gasteiger partial charge in [-0.05, 0) is 18.2 Å². The minimum atomic E-state index is -4.60. The van der Waals surface area contributed by atoms with Crippen molar-refractivity contribution in [1.29, 1.82) is 5.26 Å². The van der Waals surface area contributed by atoms with Gasteiger partial charge in [-0.2, -0.15) is 18.4 Å². The number of hydrogen-bond acceptors (Lipinski definition) is 4. The summed E-state index contributed by atoms with van der Waals surface area (Å²) in [7, 11) is 0. The Balaban J connectivity index is 1.42. The molecule has 0 radical (unpaired) electrons. The van der Waals surface area contributed by atoms with Crippen LogP contribution in [0.15, 0.2) is 54.7 Å². The molecule has 1 saturated heterocycles. The molecule has 3 aromatic rings. The third kappa shape index (κ3) is 4.82. The van der Waals surface area contributed by atoms with E-state index in [0.717, 1.165) is 17.0 Å². The second-order valence-corrected chi connectivity index (χ2v) is 8.20. The molecule has 1 fully saturated rings. The van der Waals surface area contributed by atoms with E-state index in [1.165, 1.54) is 23.1 Å². The number of rotatable bonds is 6. The zero-order valence-corrected chi connectivity index (χ0v) is 18.4. The van der Waals surface area contributed by atoms with Gasteiger partial charge in [-0.15, -0.1) is 0 Å². The van der Waals surface area contributed by atoms with Crippen LogP contribution in [-0.4, -0.2) is 58.8 Å². The maximum Gasteiger partial charge on any atom is 0.417 e. The fraction of sp³-hybridized carbons (Fsp3) is 0.320. The Bertz CT molecular complexity index is 1250. The number of alkyl halides is 3. The van der Waals surface area contributed by atoms with Crippen molar-refractivity contribution in [3.05, 3.63) is 71.4 Å². The number of ketones is 1. The fourth-order valence-electron chi connectivity index (χ4n) is 4.31. The molecule has 6 nitrogen and oxygen atoms in total. The van der Waals surface area contributed by atoms with Crippen molar-refractivity contribution < 1.29 is 22.8 Å². The Kier molecular flexibility index (Phi) is 6.70. The van der Waals surface area contributed by atoms with Crippen molar-refractivity contribution >= 4 is 22.6 Å². The van der Waals surface area contributed by atoms with E-state index in [1.54, 1.807) is 6.20 Å². The van der Waals surface area contributed by atoms with Gasteiger partial charge >= 0.3 is 6.18 Å². The molecule has 0 atom stereocenters. The highest BCUT2D eigenvalue weighted by molar-refractivity contribution is 6.09. The number of fused-ring (bicyclic) bond motifs is 1. The van der Waals surface area contributed by atoms with Gasteiger partial charge in [-0.3, -0.25) is 14.5 Å². The normalized spacial score (nSPS) is 14.8. The lowest BCUT2D eigenvalue weighted by molar-refractivity contribution is -0.138. The first-order valence-corrected chi connectivity index (χ1v) is 11.0. The largest absolute Gasteiger partial charge is 0.417 e. The van der Waals surface area contributed by atoms with E-state index in [2.05, 4.69) is 6.07 Å². The van der Waals surface area contributed by atoms with Crippen molar-refractivity contribution in [2.45, 2.75) is 19.1 Å². The first-order chi connectivity index (χ1) is 16.3. The maximum atomic E-state index is 13.3. The lowest BCUT2D eigenvalue weighted by Gasteiger charge is -2.34. The molecule has 0 unspecified atom stereocenters. The van der Waals surface area contributed by atoms with E-state index < -0.39 is 17.6 Å². The van der Waals surface area contributed by atoms with Gasteiger partial charge in [-0.1, -0.05) is 30.3 Å². The summed E-state index contributed by atoms with van der Waals surface area (Å²) >= 11 is 0. The minimum absolute atomic E-state index is 0.0749. The number of nitriles is 1. The van der Waals surface area contributed by atoms with Crippen LogP contribution in [0.5, 0.6) is 0 Å². The van der Waals surface area contributed by atoms with Gasteiger partial charge in [0, 0.05) is 55.4 Å². The smallest absolute Gasteiger partial charge is 0.346 e. The lowest BCUT2D eigenvalue weighted by Crippen LogP contribution is -2.50. The first-order valence-electron chi connectivity index (χ1n) is 11.0. The van der Waals surface area contributed by atoms with Gasteiger partial charge in [-0.25, -0.2) is 0 Å². The SMILES string of the molecule is N#CCCn1cc(C(=O)CN2CCN(C(=O)c3ccccc3C(F)(F)F)CC2)c2ccccc21. The number of Topliss-reactive ketones (excluding diaryl/α,β-unsaturated/α-hetero) is 1. The molecular formula is C25H23F3N4O2. The average Bonchev–Trinajstić information content (AvgIpc) is 3.21. The van der Waals surface area contributed by atoms with Crippen LogP contribution < -0.4 is 0 Å². The van der Waals surface area contributed by atoms with Crippen molar-refractivity contribution in [2.24, 2.45) is 0 Å². The third-order valence-electron chi connectivity index (χ3n) is 6.04. The molecule has 1 amide bonds. The minimum Gasteiger partial charge on any atom is -0.346 e. The summed E-state index contributed by atoms with van der Waals surface area (Å²) in [6.07, 6.45) is -2.50. The van der Waals surface area contributed by atoms with E-state index in [0.29, 0.717) is 31.6 Å². The molecule has 176 valence electrons. The van der Waals surface area contributed by atoms with Crippen LogP contribution >= 0.6 is 0 Å². The molecular weight excluding hydrogens is 445 g/mol. The third-order valence-corrected chi connectivity index (χ3v) is 6.04. The molecule has 2 heterocycles. The van der Waals surface area contributed by atoms with Crippen molar-refractivity contribution in [1.82, 2.24) is 14.4 Å². The van der Waals surface area contributed by atoms with Gasteiger partial charge < -0.3 is 9.47 Å². The van der Waals surface area contributed by atoms with Crippen LogP contribution in [0.2, 0.25) is 0 Å². The van der Waals surface area contributed by atoms with Gasteiger partial charge in [0.1, 0.15) is 0 Å². The summed E-state index contributed by atoms with van der Waals surface area (Å²) in [6, 6.07) is 14.4. The number of amides is 1. The summed E-state index contributed by atoms with van der Waals surface area (Å²) in [5.74, 6) is -0.728. The Morgan fingerprint density at radius 2 is 1.62 bits per heavy atom. The Hall–Kier alpha value is -3.64. The number of aryl methyl sites for hydroxylation is 1. The van der Waals surface area contributed by atoms with E-state index in [9.17, 15) is 22.8 Å². The van der Waals surface area contributed by atoms with E-state index >= 15 is 0 Å². The van der Waals surface area contributed by atoms with E-state index in [1.807, 2.05) is 33.7 Å². The topological polar surface area (TPSA) is 69.3 Å². The Labute approximate surface area is 194 Å². The molecule has 4 rings (SSSR count). The Morgan fingerprint density at radius 1 is 0.941 bits per heavy atom. The molecule has 0 saturated carbocycles. The van der Waals surface area contributed by atoms with Crippen LogP contribution in [0.3, 0.4) is 0 Å². The van der Waals surface area contributed by atoms with Crippen LogP contribution in [0.4, 0.5) is 13.2 Å². The molecule has 0 aliphatic carbocycles. The standard InChI is InChI=1S/C25H23F3N4O2/c26-25(27,28)21-8-3-1-7-19(21)24(34)31-14-12-30(13-15-31)17-23(33)20-16-32(11-5-10-29)22-9-4-2-6-18(20)22/h1-4,6-9,16H,5,11-15,17H2. The van der Waals surface area contributed by atoms with Crippen molar-refractivity contribution in [2.75, 3.05) is 32.7 Å². The summed E-state index contributed by atoms with van der Waals surface area (Å²) in [4.78, 5) is 29.2. The van der Waals surface area contributed by atoms with E-state index in [-0.39, 0.29) is 31.0 Å². The molecule has 9 heteroatoms. The average molecular weight is 468 g/mol. The lowest BCUT2D eigenvalue weighted by atomic mass is 10.1. The predicted molar refractivity (Wildman–Crippen MR) is 120 cm³/mol. The molecule has 1 aliphatic heterocycles. The number of carbonyl (C=O) groups excluding carboxylic acids is 2. The summed E-state index contributed by atoms with van der Waals surface area (Å²) in [6.45, 7) is 1.89. The van der Waals surface area contributed by atoms with E-state index in [4.69, 9.17) is 5.26 Å². The molecule has 0 bridgehead atoms. The zero-order valence-electron chi connectivity index (χ0n) is 18.4. The van der Waals surface area contributed by atoms with Crippen molar-refractivity contribution in [3.63, 3.8) is 0 Å².